The van der Waals surface area contributed by atoms with Crippen molar-refractivity contribution in [1.82, 2.24) is 0 Å². The summed E-state index contributed by atoms with van der Waals surface area (Å²) >= 11 is 0. The van der Waals surface area contributed by atoms with Crippen molar-refractivity contribution in [2.75, 3.05) is 32.7 Å². The molecular weight excluding hydrogens is 608 g/mol. The lowest BCUT2D eigenvalue weighted by molar-refractivity contribution is -0.200. The fraction of sp³-hybridized carbons (Fsp3) is 0.861. The molecule has 5 aliphatic rings. The van der Waals surface area contributed by atoms with E-state index in [2.05, 4.69) is 12.2 Å². The molecule has 2 saturated heterocycles. The molecule has 0 spiro atoms. The molecular formula is C36H58O9S. The van der Waals surface area contributed by atoms with E-state index in [0.29, 0.717) is 18.4 Å². The van der Waals surface area contributed by atoms with Crippen molar-refractivity contribution >= 4 is 16.1 Å². The van der Waals surface area contributed by atoms with Crippen molar-refractivity contribution in [2.24, 2.45) is 29.6 Å². The first-order valence-corrected chi connectivity index (χ1v) is 20.0. The Morgan fingerprint density at radius 3 is 2.37 bits per heavy atom. The predicted octanol–water partition coefficient (Wildman–Crippen LogP) is 7.20. The molecule has 2 heterocycles. The van der Waals surface area contributed by atoms with Crippen molar-refractivity contribution in [3.8, 4) is 0 Å². The van der Waals surface area contributed by atoms with E-state index in [9.17, 15) is 13.2 Å². The number of carbonyl (C=O) groups excluding carboxylic acids is 1. The Bertz CT molecular complexity index is 1120. The maximum atomic E-state index is 12.0. The molecule has 0 radical (unpaired) electrons. The molecule has 2 saturated carbocycles. The van der Waals surface area contributed by atoms with Gasteiger partial charge in [-0.15, -0.1) is 0 Å². The zero-order chi connectivity index (χ0) is 32.4. The molecule has 3 aliphatic carbocycles. The Morgan fingerprint density at radius 2 is 1.70 bits per heavy atom. The van der Waals surface area contributed by atoms with Gasteiger partial charge in [-0.05, 0) is 94.5 Å². The standard InChI is InChI=1S/C36H58O9S/c1-26(37)40-19-9-6-14-28(25-43-46(2,38)39)29-22-30-24-33(45-35-16-8-11-21-42-35)36(31(30)23-29)32(44-34-15-7-10-20-41-34)18-17-27-12-4-3-5-13-27/h18,23,27-28,30-31,33-36H,3-17,19-22,24-25H2,1-2H3/t28?,30?,31?,33-,34?,35?,36+/m0/s1. The van der Waals surface area contributed by atoms with Gasteiger partial charge in [0.1, 0.15) is 5.76 Å². The summed E-state index contributed by atoms with van der Waals surface area (Å²) in [5.41, 5.74) is 1.27. The molecule has 0 aromatic carbocycles. The van der Waals surface area contributed by atoms with Gasteiger partial charge in [0.2, 0.25) is 0 Å². The van der Waals surface area contributed by atoms with E-state index < -0.39 is 10.1 Å². The largest absolute Gasteiger partial charge is 0.469 e. The first kappa shape index (κ1) is 35.8. The van der Waals surface area contributed by atoms with E-state index in [1.54, 1.807) is 0 Å². The maximum absolute atomic E-state index is 12.0. The Kier molecular flexibility index (Phi) is 13.9. The Balaban J connectivity index is 1.38. The van der Waals surface area contributed by atoms with E-state index in [1.165, 1.54) is 44.6 Å². The van der Waals surface area contributed by atoms with E-state index in [4.69, 9.17) is 27.9 Å². The quantitative estimate of drug-likeness (QED) is 0.0556. The number of rotatable bonds is 16. The van der Waals surface area contributed by atoms with Gasteiger partial charge >= 0.3 is 5.97 Å². The van der Waals surface area contributed by atoms with Crippen LogP contribution in [0.4, 0.5) is 0 Å². The Labute approximate surface area is 277 Å². The minimum absolute atomic E-state index is 0.00783. The van der Waals surface area contributed by atoms with Crippen LogP contribution in [0.1, 0.15) is 116 Å². The maximum Gasteiger partial charge on any atom is 0.302 e. The van der Waals surface area contributed by atoms with Gasteiger partial charge in [0.05, 0.1) is 32.2 Å². The number of unbranched alkanes of at least 4 members (excludes halogenated alkanes) is 1. The molecule has 262 valence electrons. The average molecular weight is 667 g/mol. The van der Waals surface area contributed by atoms with Gasteiger partial charge < -0.3 is 23.7 Å². The van der Waals surface area contributed by atoms with Gasteiger partial charge in [-0.3, -0.25) is 8.98 Å². The molecule has 0 amide bonds. The smallest absolute Gasteiger partial charge is 0.302 e. The Morgan fingerprint density at radius 1 is 0.978 bits per heavy atom. The summed E-state index contributed by atoms with van der Waals surface area (Å²) in [6.45, 7) is 3.40. The van der Waals surface area contributed by atoms with Crippen LogP contribution < -0.4 is 0 Å². The second kappa shape index (κ2) is 17.8. The second-order valence-corrected chi connectivity index (χ2v) is 15.9. The van der Waals surface area contributed by atoms with Crippen LogP contribution in [-0.4, -0.2) is 65.8 Å². The Hall–Kier alpha value is -1.46. The number of esters is 1. The molecule has 5 unspecified atom stereocenters. The van der Waals surface area contributed by atoms with Crippen LogP contribution in [0, 0.1) is 29.6 Å². The summed E-state index contributed by atoms with van der Waals surface area (Å²) in [6.07, 6.45) is 23.4. The number of allylic oxidation sites excluding steroid dienone is 2. The van der Waals surface area contributed by atoms with Crippen LogP contribution in [0.5, 0.6) is 0 Å². The topological polar surface area (TPSA) is 107 Å². The molecule has 2 aliphatic heterocycles. The van der Waals surface area contributed by atoms with Gasteiger partial charge in [-0.25, -0.2) is 0 Å². The van der Waals surface area contributed by atoms with Crippen molar-refractivity contribution in [3.05, 3.63) is 23.5 Å². The first-order valence-electron chi connectivity index (χ1n) is 18.2. The van der Waals surface area contributed by atoms with Crippen LogP contribution in [-0.2, 0) is 42.8 Å². The highest BCUT2D eigenvalue weighted by Crippen LogP contribution is 2.53. The lowest BCUT2D eigenvalue weighted by atomic mass is 9.85. The van der Waals surface area contributed by atoms with E-state index in [-0.39, 0.29) is 49.0 Å². The summed E-state index contributed by atoms with van der Waals surface area (Å²) in [4.78, 5) is 11.2. The molecule has 0 aromatic heterocycles. The molecule has 46 heavy (non-hydrogen) atoms. The minimum atomic E-state index is -3.57. The van der Waals surface area contributed by atoms with E-state index in [1.807, 2.05) is 0 Å². The number of hydrogen-bond donors (Lipinski definition) is 0. The number of carbonyl (C=O) groups is 1. The molecule has 0 bridgehead atoms. The highest BCUT2D eigenvalue weighted by atomic mass is 32.2. The lowest BCUT2D eigenvalue weighted by Crippen LogP contribution is -2.34. The van der Waals surface area contributed by atoms with Crippen molar-refractivity contribution in [3.63, 3.8) is 0 Å². The fourth-order valence-corrected chi connectivity index (χ4v) is 8.68. The monoisotopic (exact) mass is 666 g/mol. The first-order chi connectivity index (χ1) is 22.2. The fourth-order valence-electron chi connectivity index (χ4n) is 8.26. The molecule has 0 aromatic rings. The van der Waals surface area contributed by atoms with Crippen LogP contribution in [0.3, 0.4) is 0 Å². The van der Waals surface area contributed by atoms with E-state index in [0.717, 1.165) is 102 Å². The normalized spacial score (nSPS) is 31.7. The molecule has 0 N–H and O–H groups in total. The summed E-state index contributed by atoms with van der Waals surface area (Å²) < 4.78 is 60.3. The molecule has 10 heteroatoms. The van der Waals surface area contributed by atoms with Crippen molar-refractivity contribution < 1.29 is 41.1 Å². The summed E-state index contributed by atoms with van der Waals surface area (Å²) in [6, 6.07) is 0. The molecule has 4 fully saturated rings. The number of ether oxygens (including phenoxy) is 5. The zero-order valence-corrected chi connectivity index (χ0v) is 29.0. The van der Waals surface area contributed by atoms with Gasteiger partial charge in [0.25, 0.3) is 10.1 Å². The molecule has 9 nitrogen and oxygen atoms in total. The molecule has 5 rings (SSSR count). The highest BCUT2D eigenvalue weighted by molar-refractivity contribution is 7.85. The van der Waals surface area contributed by atoms with Crippen molar-refractivity contribution in [2.45, 2.75) is 135 Å². The third kappa shape index (κ3) is 11.0. The summed E-state index contributed by atoms with van der Waals surface area (Å²) in [7, 11) is -3.57. The second-order valence-electron chi connectivity index (χ2n) is 14.3. The number of fused-ring (bicyclic) bond motifs is 1. The summed E-state index contributed by atoms with van der Waals surface area (Å²) in [5, 5.41) is 0. The summed E-state index contributed by atoms with van der Waals surface area (Å²) in [5.74, 6) is 2.08. The average Bonchev–Trinajstić information content (AvgIpc) is 3.59. The van der Waals surface area contributed by atoms with Gasteiger partial charge in [0, 0.05) is 31.8 Å². The van der Waals surface area contributed by atoms with Crippen LogP contribution in [0.2, 0.25) is 0 Å². The highest BCUT2D eigenvalue weighted by Gasteiger charge is 2.50. The third-order valence-electron chi connectivity index (χ3n) is 10.6. The predicted molar refractivity (Wildman–Crippen MR) is 175 cm³/mol. The SMILES string of the molecule is CC(=O)OCCCCC(COS(C)(=O)=O)C1=CC2C(C1)C[C@H](OC1CCCCO1)[C@H]2C(=CCC1CCCCC1)OC1CCCCO1. The number of hydrogen-bond acceptors (Lipinski definition) is 9. The van der Waals surface area contributed by atoms with Crippen LogP contribution in [0.15, 0.2) is 23.5 Å². The van der Waals surface area contributed by atoms with E-state index >= 15 is 0 Å². The molecule has 7 atom stereocenters. The zero-order valence-electron chi connectivity index (χ0n) is 28.2. The third-order valence-corrected chi connectivity index (χ3v) is 11.2. The van der Waals surface area contributed by atoms with Gasteiger partial charge in [0.15, 0.2) is 12.6 Å². The van der Waals surface area contributed by atoms with Gasteiger partial charge in [-0.1, -0.05) is 43.8 Å². The van der Waals surface area contributed by atoms with Crippen molar-refractivity contribution in [1.29, 1.82) is 0 Å². The lowest BCUT2D eigenvalue weighted by Gasteiger charge is -2.34. The van der Waals surface area contributed by atoms with Crippen LogP contribution in [0.25, 0.3) is 0 Å². The minimum Gasteiger partial charge on any atom is -0.469 e. The van der Waals surface area contributed by atoms with Gasteiger partial charge in [-0.2, -0.15) is 8.42 Å². The van der Waals surface area contributed by atoms with Crippen LogP contribution >= 0.6 is 0 Å².